The highest BCUT2D eigenvalue weighted by Crippen LogP contribution is 2.18. The van der Waals surface area contributed by atoms with Gasteiger partial charge in [-0.1, -0.05) is 6.92 Å². The zero-order valence-electron chi connectivity index (χ0n) is 6.59. The smallest absolute Gasteiger partial charge is 0.0790 e. The van der Waals surface area contributed by atoms with Crippen LogP contribution in [-0.4, -0.2) is 29.3 Å². The third kappa shape index (κ3) is 1.66. The molecule has 0 aromatic rings. The van der Waals surface area contributed by atoms with E-state index in [1.807, 2.05) is 0 Å². The van der Waals surface area contributed by atoms with E-state index in [1.165, 1.54) is 19.6 Å². The van der Waals surface area contributed by atoms with E-state index in [2.05, 4.69) is 30.8 Å². The zero-order chi connectivity index (χ0) is 6.85. The molecule has 54 valence electrons. The minimum Gasteiger partial charge on any atom is -0.225 e. The van der Waals surface area contributed by atoms with Gasteiger partial charge in [-0.25, -0.2) is 10.0 Å². The van der Waals surface area contributed by atoms with Crippen LogP contribution in [0.25, 0.3) is 0 Å². The second-order valence-electron chi connectivity index (χ2n) is 2.90. The summed E-state index contributed by atoms with van der Waals surface area (Å²) in [6.45, 7) is 9.10. The fourth-order valence-corrected chi connectivity index (χ4v) is 1.09. The zero-order valence-corrected chi connectivity index (χ0v) is 6.59. The molecule has 0 radical (unpaired) electrons. The number of hydrazine groups is 1. The maximum absolute atomic E-state index is 2.38. The van der Waals surface area contributed by atoms with Crippen LogP contribution in [0.1, 0.15) is 27.2 Å². The minimum absolute atomic E-state index is 0.705. The molecule has 2 nitrogen and oxygen atoms in total. The van der Waals surface area contributed by atoms with Crippen molar-refractivity contribution in [1.29, 1.82) is 0 Å². The number of nitrogens with zero attached hydrogens (tertiary/aromatic N) is 2. The van der Waals surface area contributed by atoms with E-state index in [0.29, 0.717) is 6.04 Å². The molecular weight excluding hydrogens is 112 g/mol. The Morgan fingerprint density at radius 3 is 2.44 bits per heavy atom. The lowest BCUT2D eigenvalue weighted by Gasteiger charge is -2.05. The molecule has 0 spiro atoms. The van der Waals surface area contributed by atoms with Crippen LogP contribution in [0.4, 0.5) is 0 Å². The number of rotatable bonds is 3. The maximum atomic E-state index is 2.38. The minimum atomic E-state index is 0.705. The Kier molecular flexibility index (Phi) is 2.09. The predicted octanol–water partition coefficient (Wildman–Crippen LogP) is 1.29. The van der Waals surface area contributed by atoms with Gasteiger partial charge in [-0.3, -0.25) is 0 Å². The molecule has 0 N–H and O–H groups in total. The topological polar surface area (TPSA) is 6.02 Å². The van der Waals surface area contributed by atoms with Gasteiger partial charge in [0, 0.05) is 12.6 Å². The van der Waals surface area contributed by atoms with Gasteiger partial charge in [-0.15, -0.1) is 0 Å². The van der Waals surface area contributed by atoms with Gasteiger partial charge in [0.1, 0.15) is 0 Å². The molecule has 0 amide bonds. The highest BCUT2D eigenvalue weighted by molar-refractivity contribution is 4.71. The van der Waals surface area contributed by atoms with Crippen molar-refractivity contribution in [1.82, 2.24) is 10.0 Å². The third-order valence-electron chi connectivity index (χ3n) is 1.66. The fourth-order valence-electron chi connectivity index (χ4n) is 1.09. The first-order valence-electron chi connectivity index (χ1n) is 3.77. The van der Waals surface area contributed by atoms with E-state index in [1.54, 1.807) is 0 Å². The van der Waals surface area contributed by atoms with E-state index in [-0.39, 0.29) is 0 Å². The van der Waals surface area contributed by atoms with Crippen LogP contribution in [0.3, 0.4) is 0 Å². The standard InChI is InChI=1S/C7H16N2/c1-4-5-8-6-9(8)7(2)3/h7H,4-6H2,1-3H3. The maximum Gasteiger partial charge on any atom is 0.0790 e. The van der Waals surface area contributed by atoms with Gasteiger partial charge >= 0.3 is 0 Å². The van der Waals surface area contributed by atoms with Crippen LogP contribution >= 0.6 is 0 Å². The second kappa shape index (κ2) is 2.67. The van der Waals surface area contributed by atoms with Gasteiger partial charge in [0.05, 0.1) is 6.67 Å². The van der Waals surface area contributed by atoms with Crippen LogP contribution in [-0.2, 0) is 0 Å². The first-order valence-corrected chi connectivity index (χ1v) is 3.77. The van der Waals surface area contributed by atoms with Crippen molar-refractivity contribution in [2.24, 2.45) is 0 Å². The molecule has 1 heterocycles. The van der Waals surface area contributed by atoms with Crippen molar-refractivity contribution in [3.8, 4) is 0 Å². The number of hydrogen-bond donors (Lipinski definition) is 0. The Hall–Kier alpha value is -0.0800. The summed E-state index contributed by atoms with van der Waals surface area (Å²) >= 11 is 0. The SMILES string of the molecule is CCCN1CN1C(C)C. The molecule has 0 aliphatic carbocycles. The molecule has 0 saturated carbocycles. The van der Waals surface area contributed by atoms with Crippen molar-refractivity contribution < 1.29 is 0 Å². The van der Waals surface area contributed by atoms with Crippen molar-refractivity contribution in [3.63, 3.8) is 0 Å². The van der Waals surface area contributed by atoms with Crippen molar-refractivity contribution >= 4 is 0 Å². The molecule has 1 aliphatic heterocycles. The molecule has 0 aromatic heterocycles. The Morgan fingerprint density at radius 2 is 2.11 bits per heavy atom. The summed E-state index contributed by atoms with van der Waals surface area (Å²) in [5.74, 6) is 0. The van der Waals surface area contributed by atoms with E-state index < -0.39 is 0 Å². The summed E-state index contributed by atoms with van der Waals surface area (Å²) in [5, 5.41) is 4.76. The Labute approximate surface area is 57.4 Å². The molecule has 0 aromatic carbocycles. The summed E-state index contributed by atoms with van der Waals surface area (Å²) < 4.78 is 0. The molecule has 2 unspecified atom stereocenters. The van der Waals surface area contributed by atoms with Crippen LogP contribution in [0.2, 0.25) is 0 Å². The van der Waals surface area contributed by atoms with Gasteiger partial charge in [0.25, 0.3) is 0 Å². The molecule has 2 heteroatoms. The van der Waals surface area contributed by atoms with E-state index in [9.17, 15) is 0 Å². The lowest BCUT2D eigenvalue weighted by Crippen LogP contribution is -2.15. The molecule has 9 heavy (non-hydrogen) atoms. The average molecular weight is 128 g/mol. The normalized spacial score (nSPS) is 33.3. The Balaban J connectivity index is 2.09. The van der Waals surface area contributed by atoms with Gasteiger partial charge < -0.3 is 0 Å². The quantitative estimate of drug-likeness (QED) is 0.528. The van der Waals surface area contributed by atoms with Crippen LogP contribution in [0.5, 0.6) is 0 Å². The average Bonchev–Trinajstić information content (AvgIpc) is 2.47. The highest BCUT2D eigenvalue weighted by atomic mass is 15.8. The molecule has 1 rings (SSSR count). The monoisotopic (exact) mass is 128 g/mol. The summed E-state index contributed by atoms with van der Waals surface area (Å²) in [5.41, 5.74) is 0. The molecule has 0 bridgehead atoms. The first-order chi connectivity index (χ1) is 4.25. The van der Waals surface area contributed by atoms with Crippen molar-refractivity contribution in [3.05, 3.63) is 0 Å². The van der Waals surface area contributed by atoms with Crippen molar-refractivity contribution in [2.75, 3.05) is 13.2 Å². The lowest BCUT2D eigenvalue weighted by atomic mass is 10.4. The second-order valence-corrected chi connectivity index (χ2v) is 2.90. The largest absolute Gasteiger partial charge is 0.225 e. The summed E-state index contributed by atoms with van der Waals surface area (Å²) in [6, 6.07) is 0.705. The number of hydrogen-bond acceptors (Lipinski definition) is 2. The summed E-state index contributed by atoms with van der Waals surface area (Å²) in [4.78, 5) is 0. The van der Waals surface area contributed by atoms with Crippen LogP contribution in [0.15, 0.2) is 0 Å². The molecule has 1 aliphatic rings. The lowest BCUT2D eigenvalue weighted by molar-refractivity contribution is 0.262. The molecule has 2 atom stereocenters. The molecule has 1 fully saturated rings. The third-order valence-corrected chi connectivity index (χ3v) is 1.66. The summed E-state index contributed by atoms with van der Waals surface area (Å²) in [6.07, 6.45) is 1.27. The molecular formula is C7H16N2. The Morgan fingerprint density at radius 1 is 1.44 bits per heavy atom. The predicted molar refractivity (Wildman–Crippen MR) is 38.8 cm³/mol. The summed E-state index contributed by atoms with van der Waals surface area (Å²) in [7, 11) is 0. The Bertz CT molecular complexity index is 90.9. The molecule has 1 saturated heterocycles. The first kappa shape index (κ1) is 7.03. The van der Waals surface area contributed by atoms with Gasteiger partial charge in [0.2, 0.25) is 0 Å². The highest BCUT2D eigenvalue weighted by Gasteiger charge is 2.31. The van der Waals surface area contributed by atoms with Gasteiger partial charge in [0.15, 0.2) is 0 Å². The van der Waals surface area contributed by atoms with E-state index in [4.69, 9.17) is 0 Å². The van der Waals surface area contributed by atoms with E-state index >= 15 is 0 Å². The van der Waals surface area contributed by atoms with Crippen LogP contribution in [0, 0.1) is 0 Å². The van der Waals surface area contributed by atoms with Gasteiger partial charge in [-0.05, 0) is 20.3 Å². The van der Waals surface area contributed by atoms with Crippen LogP contribution < -0.4 is 0 Å². The fraction of sp³-hybridized carbons (Fsp3) is 1.00. The van der Waals surface area contributed by atoms with E-state index in [0.717, 1.165) is 0 Å². The van der Waals surface area contributed by atoms with Crippen molar-refractivity contribution in [2.45, 2.75) is 33.2 Å². The van der Waals surface area contributed by atoms with Gasteiger partial charge in [-0.2, -0.15) is 0 Å².